The van der Waals surface area contributed by atoms with Crippen LogP contribution in [0.2, 0.25) is 5.02 Å². The largest absolute Gasteiger partial charge is 0.342 e. The van der Waals surface area contributed by atoms with E-state index in [0.29, 0.717) is 14.7 Å². The first kappa shape index (κ1) is 15.9. The van der Waals surface area contributed by atoms with E-state index >= 15 is 0 Å². The fourth-order valence-corrected chi connectivity index (χ4v) is 4.16. The van der Waals surface area contributed by atoms with Crippen LogP contribution in [0, 0.1) is 0 Å². The molecule has 118 valence electrons. The van der Waals surface area contributed by atoms with Crippen molar-refractivity contribution in [2.75, 3.05) is 6.54 Å². The normalized spacial score (nSPS) is 11.8. The van der Waals surface area contributed by atoms with Crippen molar-refractivity contribution in [3.05, 3.63) is 50.5 Å². The van der Waals surface area contributed by atoms with Gasteiger partial charge < -0.3 is 9.88 Å². The summed E-state index contributed by atoms with van der Waals surface area (Å²) >= 11 is 8.90. The van der Waals surface area contributed by atoms with E-state index in [2.05, 4.69) is 10.3 Å². The molecule has 3 rings (SSSR count). The Balaban J connectivity index is 1.73. The molecule has 0 aliphatic rings. The molecule has 8 heteroatoms. The van der Waals surface area contributed by atoms with Crippen molar-refractivity contribution < 1.29 is 9.59 Å². The van der Waals surface area contributed by atoms with Gasteiger partial charge in [-0.15, -0.1) is 22.7 Å². The van der Waals surface area contributed by atoms with Crippen LogP contribution in [0.5, 0.6) is 0 Å². The molecule has 23 heavy (non-hydrogen) atoms. The zero-order valence-corrected chi connectivity index (χ0v) is 14.5. The number of thiazole rings is 1. The maximum atomic E-state index is 12.2. The number of amides is 2. The average molecular weight is 366 g/mol. The van der Waals surface area contributed by atoms with Gasteiger partial charge in [0.2, 0.25) is 0 Å². The minimum Gasteiger partial charge on any atom is -0.342 e. The Hall–Kier alpha value is -1.96. The van der Waals surface area contributed by atoms with Crippen LogP contribution >= 0.6 is 34.3 Å². The molecule has 0 saturated carbocycles. The lowest BCUT2D eigenvalue weighted by Gasteiger charge is -2.00. The standard InChI is InChI=1S/C15H12ClN3O2S2/c1-19-6-7-22-15(19)18-11(20)8-17-14(21)13-12(16)9-4-2-3-5-10(9)23-13/h2-7H,8H2,1H3,(H,17,21). The third-order valence-corrected chi connectivity index (χ3v) is 5.64. The van der Waals surface area contributed by atoms with Crippen molar-refractivity contribution >= 4 is 56.2 Å². The zero-order valence-electron chi connectivity index (χ0n) is 12.1. The fourth-order valence-electron chi connectivity index (χ4n) is 1.98. The van der Waals surface area contributed by atoms with Crippen LogP contribution in [-0.4, -0.2) is 22.9 Å². The topological polar surface area (TPSA) is 63.5 Å². The molecule has 0 radical (unpaired) electrons. The van der Waals surface area contributed by atoms with Crippen LogP contribution < -0.4 is 10.1 Å². The van der Waals surface area contributed by atoms with Crippen LogP contribution in [0.3, 0.4) is 0 Å². The third-order valence-electron chi connectivity index (χ3n) is 3.12. The van der Waals surface area contributed by atoms with Crippen molar-refractivity contribution in [2.45, 2.75) is 0 Å². The van der Waals surface area contributed by atoms with Gasteiger partial charge in [0.25, 0.3) is 11.8 Å². The first-order chi connectivity index (χ1) is 11.1. The predicted molar refractivity (Wildman–Crippen MR) is 93.0 cm³/mol. The fraction of sp³-hybridized carbons (Fsp3) is 0.133. The van der Waals surface area contributed by atoms with E-state index in [-0.39, 0.29) is 12.5 Å². The van der Waals surface area contributed by atoms with Crippen LogP contribution in [0.4, 0.5) is 0 Å². The van der Waals surface area contributed by atoms with E-state index in [4.69, 9.17) is 11.6 Å². The van der Waals surface area contributed by atoms with Crippen molar-refractivity contribution in [3.63, 3.8) is 0 Å². The molecule has 0 unspecified atom stereocenters. The highest BCUT2D eigenvalue weighted by Crippen LogP contribution is 2.34. The quantitative estimate of drug-likeness (QED) is 0.775. The zero-order chi connectivity index (χ0) is 16.4. The molecule has 2 amide bonds. The average Bonchev–Trinajstić information content (AvgIpc) is 3.09. The smallest absolute Gasteiger partial charge is 0.267 e. The maximum absolute atomic E-state index is 12.2. The summed E-state index contributed by atoms with van der Waals surface area (Å²) in [6, 6.07) is 7.52. The van der Waals surface area contributed by atoms with Gasteiger partial charge in [-0.05, 0) is 6.07 Å². The number of carbonyl (C=O) groups excluding carboxylic acids is 2. The Morgan fingerprint density at radius 2 is 2.13 bits per heavy atom. The van der Waals surface area contributed by atoms with Crippen molar-refractivity contribution in [3.8, 4) is 0 Å². The minimum atomic E-state index is -0.409. The number of nitrogens with zero attached hydrogens (tertiary/aromatic N) is 2. The van der Waals surface area contributed by atoms with Gasteiger partial charge in [-0.3, -0.25) is 9.59 Å². The number of aryl methyl sites for hydroxylation is 1. The molecule has 5 nitrogen and oxygen atoms in total. The van der Waals surface area contributed by atoms with E-state index in [1.54, 1.807) is 11.6 Å². The van der Waals surface area contributed by atoms with E-state index < -0.39 is 5.91 Å². The molecule has 0 fully saturated rings. The number of rotatable bonds is 3. The molecule has 2 aromatic heterocycles. The lowest BCUT2D eigenvalue weighted by atomic mass is 10.2. The first-order valence-electron chi connectivity index (χ1n) is 6.69. The lowest BCUT2D eigenvalue weighted by Crippen LogP contribution is -2.29. The molecule has 0 bridgehead atoms. The van der Waals surface area contributed by atoms with Crippen LogP contribution in [-0.2, 0) is 11.8 Å². The number of nitrogens with one attached hydrogen (secondary N) is 1. The molecule has 0 aliphatic carbocycles. The monoisotopic (exact) mass is 365 g/mol. The molecule has 1 aromatic carbocycles. The Labute approximate surface area is 144 Å². The van der Waals surface area contributed by atoms with Crippen molar-refractivity contribution in [1.29, 1.82) is 0 Å². The Kier molecular flexibility index (Phi) is 4.61. The van der Waals surface area contributed by atoms with Gasteiger partial charge in [-0.1, -0.05) is 29.8 Å². The highest BCUT2D eigenvalue weighted by atomic mass is 35.5. The number of benzene rings is 1. The summed E-state index contributed by atoms with van der Waals surface area (Å²) in [7, 11) is 1.80. The summed E-state index contributed by atoms with van der Waals surface area (Å²) in [5.41, 5.74) is 0. The summed E-state index contributed by atoms with van der Waals surface area (Å²) in [6.45, 7) is -0.165. The van der Waals surface area contributed by atoms with Gasteiger partial charge in [0, 0.05) is 28.7 Å². The number of aromatic nitrogens is 1. The molecule has 0 aliphatic heterocycles. The summed E-state index contributed by atoms with van der Waals surface area (Å²) < 4.78 is 2.68. The number of hydrogen-bond donors (Lipinski definition) is 1. The SMILES string of the molecule is Cn1ccsc1=NC(=O)CNC(=O)c1sc2ccccc2c1Cl. The minimum absolute atomic E-state index is 0.165. The van der Waals surface area contributed by atoms with Crippen molar-refractivity contribution in [2.24, 2.45) is 12.0 Å². The highest BCUT2D eigenvalue weighted by Gasteiger charge is 2.17. The summed E-state index contributed by atoms with van der Waals surface area (Å²) in [4.78, 5) is 29.0. The molecule has 0 spiro atoms. The number of hydrogen-bond acceptors (Lipinski definition) is 4. The van der Waals surface area contributed by atoms with Gasteiger partial charge in [-0.25, -0.2) is 0 Å². The summed E-state index contributed by atoms with van der Waals surface area (Å²) in [5.74, 6) is -0.774. The van der Waals surface area contributed by atoms with Gasteiger partial charge in [0.15, 0.2) is 4.80 Å². The highest BCUT2D eigenvalue weighted by molar-refractivity contribution is 7.21. The van der Waals surface area contributed by atoms with E-state index in [0.717, 1.165) is 10.1 Å². The first-order valence-corrected chi connectivity index (χ1v) is 8.76. The van der Waals surface area contributed by atoms with E-state index in [9.17, 15) is 9.59 Å². The third kappa shape index (κ3) is 3.36. The van der Waals surface area contributed by atoms with Crippen LogP contribution in [0.25, 0.3) is 10.1 Å². The summed E-state index contributed by atoms with van der Waals surface area (Å²) in [6.07, 6.45) is 1.81. The van der Waals surface area contributed by atoms with Gasteiger partial charge in [-0.2, -0.15) is 4.99 Å². The number of fused-ring (bicyclic) bond motifs is 1. The summed E-state index contributed by atoms with van der Waals surface area (Å²) in [5, 5.41) is 5.66. The van der Waals surface area contributed by atoms with Gasteiger partial charge >= 0.3 is 0 Å². The van der Waals surface area contributed by atoms with Crippen LogP contribution in [0.15, 0.2) is 40.8 Å². The predicted octanol–water partition coefficient (Wildman–Crippen LogP) is 2.81. The van der Waals surface area contributed by atoms with E-state index in [1.807, 2.05) is 35.8 Å². The molecular weight excluding hydrogens is 354 g/mol. The Morgan fingerprint density at radius 1 is 1.35 bits per heavy atom. The van der Waals surface area contributed by atoms with Crippen LogP contribution in [0.1, 0.15) is 9.67 Å². The number of halogens is 1. The molecule has 2 heterocycles. The molecule has 0 saturated heterocycles. The number of thiophene rings is 1. The van der Waals surface area contributed by atoms with Crippen molar-refractivity contribution in [1.82, 2.24) is 9.88 Å². The second-order valence-electron chi connectivity index (χ2n) is 4.73. The number of carbonyl (C=O) groups is 2. The molecule has 1 N–H and O–H groups in total. The van der Waals surface area contributed by atoms with E-state index in [1.165, 1.54) is 22.7 Å². The second-order valence-corrected chi connectivity index (χ2v) is 7.03. The van der Waals surface area contributed by atoms with Gasteiger partial charge in [0.05, 0.1) is 11.6 Å². The molecular formula is C15H12ClN3O2S2. The maximum Gasteiger partial charge on any atom is 0.267 e. The Bertz CT molecular complexity index is 955. The lowest BCUT2D eigenvalue weighted by molar-refractivity contribution is -0.117. The Morgan fingerprint density at radius 3 is 2.83 bits per heavy atom. The molecule has 3 aromatic rings. The van der Waals surface area contributed by atoms with Gasteiger partial charge in [0.1, 0.15) is 4.88 Å². The molecule has 0 atom stereocenters. The second kappa shape index (κ2) is 6.66.